The molecule has 4 atom stereocenters. The Bertz CT molecular complexity index is 379. The van der Waals surface area contributed by atoms with Gasteiger partial charge in [0.2, 0.25) is 0 Å². The van der Waals surface area contributed by atoms with Crippen molar-refractivity contribution in [3.8, 4) is 0 Å². The molecule has 1 aliphatic rings. The molecule has 0 heterocycles. The molecule has 0 aromatic rings. The molecule has 1 aliphatic carbocycles. The quantitative estimate of drug-likeness (QED) is 0.489. The van der Waals surface area contributed by atoms with Gasteiger partial charge in [-0.2, -0.15) is 0 Å². The zero-order chi connectivity index (χ0) is 17.0. The van der Waals surface area contributed by atoms with Crippen LogP contribution in [0.4, 0.5) is 0 Å². The van der Waals surface area contributed by atoms with Crippen molar-refractivity contribution in [2.24, 2.45) is 23.0 Å². The standard InChI is InChI=1S/C16H32BNO4/c1-4-6-8-12-13(9-7-10-17(21)22)16(18,14(19)20)11-15(12,3)5-2/h12-13,21-22H,4-11,18H2,1-3H3,(H,19,20)/t12-,13?,15+,16?/m0/s1. The number of nitrogens with two attached hydrogens (primary N) is 1. The zero-order valence-corrected chi connectivity index (χ0v) is 14.2. The van der Waals surface area contributed by atoms with Crippen molar-refractivity contribution < 1.29 is 19.9 Å². The van der Waals surface area contributed by atoms with Crippen molar-refractivity contribution in [1.82, 2.24) is 0 Å². The van der Waals surface area contributed by atoms with Gasteiger partial charge in [-0.25, -0.2) is 0 Å². The highest BCUT2D eigenvalue weighted by Gasteiger charge is 2.59. The molecule has 2 unspecified atom stereocenters. The first-order valence-corrected chi connectivity index (χ1v) is 8.59. The first kappa shape index (κ1) is 19.5. The Labute approximate surface area is 134 Å². The molecule has 1 saturated carbocycles. The Morgan fingerprint density at radius 2 is 1.82 bits per heavy atom. The summed E-state index contributed by atoms with van der Waals surface area (Å²) in [5.41, 5.74) is 5.11. The summed E-state index contributed by atoms with van der Waals surface area (Å²) in [6.07, 6.45) is 6.10. The number of carboxylic acids is 1. The molecule has 0 aromatic carbocycles. The van der Waals surface area contributed by atoms with Gasteiger partial charge in [0, 0.05) is 0 Å². The summed E-state index contributed by atoms with van der Waals surface area (Å²) < 4.78 is 0. The number of hydrogen-bond donors (Lipinski definition) is 4. The molecule has 0 spiro atoms. The third kappa shape index (κ3) is 4.03. The van der Waals surface area contributed by atoms with Crippen LogP contribution in [-0.2, 0) is 4.79 Å². The minimum atomic E-state index is -1.33. The van der Waals surface area contributed by atoms with E-state index >= 15 is 0 Å². The van der Waals surface area contributed by atoms with E-state index in [2.05, 4.69) is 20.8 Å². The topological polar surface area (TPSA) is 104 Å². The highest BCUT2D eigenvalue weighted by atomic mass is 16.4. The van der Waals surface area contributed by atoms with Crippen LogP contribution in [-0.4, -0.2) is 33.8 Å². The van der Waals surface area contributed by atoms with Gasteiger partial charge < -0.3 is 20.9 Å². The Kier molecular flexibility index (Phi) is 6.90. The minimum absolute atomic E-state index is 0.0508. The van der Waals surface area contributed by atoms with Crippen LogP contribution in [0.15, 0.2) is 0 Å². The molecule has 1 fully saturated rings. The van der Waals surface area contributed by atoms with Gasteiger partial charge in [0.1, 0.15) is 5.54 Å². The van der Waals surface area contributed by atoms with Gasteiger partial charge in [0.15, 0.2) is 0 Å². The maximum absolute atomic E-state index is 11.8. The van der Waals surface area contributed by atoms with E-state index in [0.29, 0.717) is 19.3 Å². The van der Waals surface area contributed by atoms with Gasteiger partial charge in [0.25, 0.3) is 0 Å². The highest BCUT2D eigenvalue weighted by Crippen LogP contribution is 2.56. The van der Waals surface area contributed by atoms with Crippen LogP contribution in [0.1, 0.15) is 65.7 Å². The summed E-state index contributed by atoms with van der Waals surface area (Å²) in [7, 11) is -1.33. The number of carboxylic acid groups (broad SMARTS) is 1. The molecule has 22 heavy (non-hydrogen) atoms. The van der Waals surface area contributed by atoms with Crippen LogP contribution in [0.2, 0.25) is 6.32 Å². The lowest BCUT2D eigenvalue weighted by Crippen LogP contribution is -2.52. The van der Waals surface area contributed by atoms with Gasteiger partial charge >= 0.3 is 13.1 Å². The lowest BCUT2D eigenvalue weighted by atomic mass is 9.70. The molecule has 128 valence electrons. The predicted molar refractivity (Wildman–Crippen MR) is 88.3 cm³/mol. The monoisotopic (exact) mass is 313 g/mol. The number of carbonyl (C=O) groups is 1. The molecule has 5 N–H and O–H groups in total. The van der Waals surface area contributed by atoms with Crippen molar-refractivity contribution >= 4 is 13.1 Å². The summed E-state index contributed by atoms with van der Waals surface area (Å²) in [6.45, 7) is 6.42. The third-order valence-electron chi connectivity index (χ3n) is 5.79. The van der Waals surface area contributed by atoms with Gasteiger partial charge in [-0.15, -0.1) is 0 Å². The van der Waals surface area contributed by atoms with E-state index in [-0.39, 0.29) is 23.6 Å². The van der Waals surface area contributed by atoms with Crippen LogP contribution in [0.3, 0.4) is 0 Å². The fraction of sp³-hybridized carbons (Fsp3) is 0.938. The lowest BCUT2D eigenvalue weighted by Gasteiger charge is -2.34. The number of unbranched alkanes of at least 4 members (excludes halogenated alkanes) is 1. The second-order valence-electron chi connectivity index (χ2n) is 7.30. The van der Waals surface area contributed by atoms with E-state index in [4.69, 9.17) is 15.8 Å². The Morgan fingerprint density at radius 3 is 2.27 bits per heavy atom. The Morgan fingerprint density at radius 1 is 1.23 bits per heavy atom. The summed E-state index contributed by atoms with van der Waals surface area (Å²) in [4.78, 5) is 11.8. The van der Waals surface area contributed by atoms with E-state index in [1.165, 1.54) is 0 Å². The second kappa shape index (κ2) is 7.80. The fourth-order valence-electron chi connectivity index (χ4n) is 4.35. The largest absolute Gasteiger partial charge is 0.480 e. The zero-order valence-electron chi connectivity index (χ0n) is 14.2. The molecule has 6 heteroatoms. The van der Waals surface area contributed by atoms with E-state index in [1.807, 2.05) is 0 Å². The van der Waals surface area contributed by atoms with E-state index in [9.17, 15) is 9.90 Å². The number of rotatable bonds is 9. The molecule has 0 amide bonds. The van der Waals surface area contributed by atoms with Crippen LogP contribution in [0.25, 0.3) is 0 Å². The lowest BCUT2D eigenvalue weighted by molar-refractivity contribution is -0.145. The Hall–Kier alpha value is -0.585. The summed E-state index contributed by atoms with van der Waals surface area (Å²) in [5.74, 6) is -0.727. The third-order valence-corrected chi connectivity index (χ3v) is 5.79. The maximum atomic E-state index is 11.8. The smallest absolute Gasteiger partial charge is 0.451 e. The van der Waals surface area contributed by atoms with Crippen LogP contribution >= 0.6 is 0 Å². The first-order chi connectivity index (χ1) is 10.2. The van der Waals surface area contributed by atoms with Crippen molar-refractivity contribution in [3.63, 3.8) is 0 Å². The average molecular weight is 313 g/mol. The van der Waals surface area contributed by atoms with Gasteiger partial charge in [-0.3, -0.25) is 4.79 Å². The average Bonchev–Trinajstić information content (AvgIpc) is 2.66. The molecule has 1 rings (SSSR count). The normalized spacial score (nSPS) is 34.8. The molecule has 5 nitrogen and oxygen atoms in total. The molecule has 0 radical (unpaired) electrons. The van der Waals surface area contributed by atoms with Crippen LogP contribution < -0.4 is 5.73 Å². The summed E-state index contributed by atoms with van der Waals surface area (Å²) in [6, 6.07) is 0. The second-order valence-corrected chi connectivity index (χ2v) is 7.30. The SMILES string of the molecule is CCCC[C@H]1C(CCCB(O)O)C(N)(C(=O)O)C[C@@]1(C)CC. The van der Waals surface area contributed by atoms with Crippen LogP contribution in [0.5, 0.6) is 0 Å². The molecule has 0 bridgehead atoms. The molecule has 0 aliphatic heterocycles. The maximum Gasteiger partial charge on any atom is 0.451 e. The van der Waals surface area contributed by atoms with Gasteiger partial charge in [-0.1, -0.05) is 46.5 Å². The molecular formula is C16H32BNO4. The Balaban J connectivity index is 3.00. The molecular weight excluding hydrogens is 281 g/mol. The van der Waals surface area contributed by atoms with E-state index < -0.39 is 18.6 Å². The van der Waals surface area contributed by atoms with Crippen molar-refractivity contribution in [2.75, 3.05) is 0 Å². The predicted octanol–water partition coefficient (Wildman–Crippen LogP) is 2.26. The number of hydrogen-bond acceptors (Lipinski definition) is 4. The summed E-state index contributed by atoms with van der Waals surface area (Å²) >= 11 is 0. The van der Waals surface area contributed by atoms with Crippen molar-refractivity contribution in [2.45, 2.75) is 77.6 Å². The summed E-state index contributed by atoms with van der Waals surface area (Å²) in [5, 5.41) is 27.8. The molecule has 0 aromatic heterocycles. The highest BCUT2D eigenvalue weighted by molar-refractivity contribution is 6.40. The first-order valence-electron chi connectivity index (χ1n) is 8.59. The van der Waals surface area contributed by atoms with E-state index in [1.54, 1.807) is 0 Å². The van der Waals surface area contributed by atoms with E-state index in [0.717, 1.165) is 25.7 Å². The fourth-order valence-corrected chi connectivity index (χ4v) is 4.35. The number of aliphatic carboxylic acids is 1. The minimum Gasteiger partial charge on any atom is -0.480 e. The van der Waals surface area contributed by atoms with Crippen molar-refractivity contribution in [3.05, 3.63) is 0 Å². The van der Waals surface area contributed by atoms with Gasteiger partial charge in [-0.05, 0) is 42.8 Å². The van der Waals surface area contributed by atoms with Crippen LogP contribution in [0, 0.1) is 17.3 Å². The van der Waals surface area contributed by atoms with Crippen molar-refractivity contribution in [1.29, 1.82) is 0 Å². The van der Waals surface area contributed by atoms with Gasteiger partial charge in [0.05, 0.1) is 0 Å². The molecule has 0 saturated heterocycles.